The minimum atomic E-state index is -1.65. The standard InChI is InChI=1S/C21H22O6/c1-12-6-7-14-15(10-12)21(18(22)23)16(11-20(14)25-8-9-26-20)13-4-2-3-5-17(13)27-19(21)24/h2-5,10,14-16H,6-9,11H2,1H3,(H,22,23). The van der Waals surface area contributed by atoms with Crippen LogP contribution in [-0.4, -0.2) is 36.0 Å². The molecule has 1 spiro atoms. The molecule has 0 amide bonds. The summed E-state index contributed by atoms with van der Waals surface area (Å²) in [6.45, 7) is 2.97. The van der Waals surface area contributed by atoms with E-state index in [4.69, 9.17) is 14.2 Å². The Morgan fingerprint density at radius 2 is 1.96 bits per heavy atom. The van der Waals surface area contributed by atoms with Gasteiger partial charge in [0, 0.05) is 24.2 Å². The second-order valence-corrected chi connectivity index (χ2v) is 8.05. The second-order valence-electron chi connectivity index (χ2n) is 8.05. The van der Waals surface area contributed by atoms with Gasteiger partial charge in [-0.3, -0.25) is 9.59 Å². The lowest BCUT2D eigenvalue weighted by Crippen LogP contribution is -2.65. The normalized spacial score (nSPS) is 36.3. The van der Waals surface area contributed by atoms with Crippen molar-refractivity contribution < 1.29 is 28.9 Å². The van der Waals surface area contributed by atoms with Gasteiger partial charge in [-0.1, -0.05) is 29.8 Å². The summed E-state index contributed by atoms with van der Waals surface area (Å²) in [7, 11) is 0. The SMILES string of the molecule is CC1=CC2C(CC1)C1(CC3c4ccccc4OC(=O)C32C(=O)O)OCCO1. The third-order valence-electron chi connectivity index (χ3n) is 6.84. The summed E-state index contributed by atoms with van der Waals surface area (Å²) in [5.41, 5.74) is 0.187. The molecule has 4 aliphatic rings. The van der Waals surface area contributed by atoms with Crippen molar-refractivity contribution in [3.63, 3.8) is 0 Å². The van der Waals surface area contributed by atoms with Crippen LogP contribution in [-0.2, 0) is 19.1 Å². The van der Waals surface area contributed by atoms with Crippen molar-refractivity contribution in [3.8, 4) is 5.75 Å². The average molecular weight is 370 g/mol. The molecule has 1 saturated heterocycles. The second kappa shape index (κ2) is 5.66. The Bertz CT molecular complexity index is 852. The van der Waals surface area contributed by atoms with E-state index in [1.54, 1.807) is 12.1 Å². The summed E-state index contributed by atoms with van der Waals surface area (Å²) < 4.78 is 17.8. The van der Waals surface area contributed by atoms with Gasteiger partial charge in [0.25, 0.3) is 0 Å². The number of hydrogen-bond acceptors (Lipinski definition) is 5. The number of para-hydroxylation sites is 1. The number of carboxylic acids is 1. The lowest BCUT2D eigenvalue weighted by atomic mass is 9.50. The van der Waals surface area contributed by atoms with Crippen molar-refractivity contribution >= 4 is 11.9 Å². The van der Waals surface area contributed by atoms with E-state index >= 15 is 0 Å². The Balaban J connectivity index is 1.77. The first-order valence-corrected chi connectivity index (χ1v) is 9.49. The molecule has 4 atom stereocenters. The van der Waals surface area contributed by atoms with Crippen LogP contribution in [0.5, 0.6) is 5.75 Å². The van der Waals surface area contributed by atoms with E-state index < -0.39 is 35.0 Å². The number of carboxylic acid groups (broad SMARTS) is 1. The number of fused-ring (bicyclic) bond motifs is 6. The van der Waals surface area contributed by atoms with Crippen LogP contribution >= 0.6 is 0 Å². The number of aliphatic carboxylic acids is 1. The number of esters is 1. The molecule has 6 heteroatoms. The average Bonchev–Trinajstić information content (AvgIpc) is 3.10. The van der Waals surface area contributed by atoms with Crippen molar-refractivity contribution in [2.24, 2.45) is 17.3 Å². The minimum Gasteiger partial charge on any atom is -0.480 e. The molecule has 5 rings (SSSR count). The number of carbonyl (C=O) groups excluding carboxylic acids is 1. The van der Waals surface area contributed by atoms with E-state index in [1.165, 1.54) is 0 Å². The van der Waals surface area contributed by atoms with Crippen LogP contribution in [0.4, 0.5) is 0 Å². The molecule has 2 aliphatic carbocycles. The number of carbonyl (C=O) groups is 2. The van der Waals surface area contributed by atoms with E-state index in [0.29, 0.717) is 25.4 Å². The Morgan fingerprint density at radius 1 is 1.22 bits per heavy atom. The third-order valence-corrected chi connectivity index (χ3v) is 6.84. The smallest absolute Gasteiger partial charge is 0.330 e. The fraction of sp³-hybridized carbons (Fsp3) is 0.524. The molecule has 2 heterocycles. The van der Waals surface area contributed by atoms with E-state index in [-0.39, 0.29) is 5.92 Å². The van der Waals surface area contributed by atoms with E-state index in [0.717, 1.165) is 24.0 Å². The van der Waals surface area contributed by atoms with E-state index in [2.05, 4.69) is 0 Å². The molecule has 2 aliphatic heterocycles. The number of hydrogen-bond donors (Lipinski definition) is 1. The summed E-state index contributed by atoms with van der Waals surface area (Å²) in [5, 5.41) is 10.4. The van der Waals surface area contributed by atoms with Gasteiger partial charge in [0.05, 0.1) is 13.2 Å². The number of benzene rings is 1. The van der Waals surface area contributed by atoms with Crippen molar-refractivity contribution in [2.75, 3.05) is 13.2 Å². The van der Waals surface area contributed by atoms with Crippen LogP contribution < -0.4 is 4.74 Å². The first-order valence-electron chi connectivity index (χ1n) is 9.49. The van der Waals surface area contributed by atoms with Gasteiger partial charge in [0.2, 0.25) is 0 Å². The molecular weight excluding hydrogens is 348 g/mol. The largest absolute Gasteiger partial charge is 0.480 e. The molecule has 1 aromatic carbocycles. The maximum absolute atomic E-state index is 13.2. The predicted molar refractivity (Wildman–Crippen MR) is 94.1 cm³/mol. The van der Waals surface area contributed by atoms with Crippen molar-refractivity contribution in [1.82, 2.24) is 0 Å². The van der Waals surface area contributed by atoms with E-state index in [1.807, 2.05) is 25.1 Å². The van der Waals surface area contributed by atoms with Crippen LogP contribution in [0.2, 0.25) is 0 Å². The molecule has 6 nitrogen and oxygen atoms in total. The topological polar surface area (TPSA) is 82.1 Å². The van der Waals surface area contributed by atoms with Gasteiger partial charge in [0.15, 0.2) is 11.2 Å². The summed E-state index contributed by atoms with van der Waals surface area (Å²) in [6, 6.07) is 7.21. The van der Waals surface area contributed by atoms with Gasteiger partial charge < -0.3 is 19.3 Å². The fourth-order valence-corrected chi connectivity index (χ4v) is 5.70. The summed E-state index contributed by atoms with van der Waals surface area (Å²) in [5.74, 6) is -3.47. The zero-order chi connectivity index (χ0) is 18.8. The highest BCUT2D eigenvalue weighted by Crippen LogP contribution is 2.64. The van der Waals surface area contributed by atoms with Crippen molar-refractivity contribution in [3.05, 3.63) is 41.5 Å². The highest BCUT2D eigenvalue weighted by atomic mass is 16.7. The van der Waals surface area contributed by atoms with E-state index in [9.17, 15) is 14.7 Å². The zero-order valence-electron chi connectivity index (χ0n) is 15.1. The van der Waals surface area contributed by atoms with Crippen LogP contribution in [0.15, 0.2) is 35.9 Å². The Kier molecular flexibility index (Phi) is 3.55. The third kappa shape index (κ3) is 2.08. The summed E-state index contributed by atoms with van der Waals surface area (Å²) in [4.78, 5) is 25.9. The van der Waals surface area contributed by atoms with Crippen LogP contribution in [0.3, 0.4) is 0 Å². The maximum atomic E-state index is 13.2. The maximum Gasteiger partial charge on any atom is 0.330 e. The van der Waals surface area contributed by atoms with Gasteiger partial charge in [-0.15, -0.1) is 0 Å². The molecule has 27 heavy (non-hydrogen) atoms. The number of ether oxygens (including phenoxy) is 3. The summed E-state index contributed by atoms with van der Waals surface area (Å²) >= 11 is 0. The van der Waals surface area contributed by atoms with Gasteiger partial charge in [-0.25, -0.2) is 0 Å². The first kappa shape index (κ1) is 17.0. The van der Waals surface area contributed by atoms with Gasteiger partial charge in [0.1, 0.15) is 5.75 Å². The first-order chi connectivity index (χ1) is 13.0. The van der Waals surface area contributed by atoms with Gasteiger partial charge in [-0.2, -0.15) is 0 Å². The van der Waals surface area contributed by atoms with Crippen LogP contribution in [0.1, 0.15) is 37.7 Å². The van der Waals surface area contributed by atoms with Crippen molar-refractivity contribution in [2.45, 2.75) is 37.9 Å². The van der Waals surface area contributed by atoms with Gasteiger partial charge >= 0.3 is 11.9 Å². The predicted octanol–water partition coefficient (Wildman–Crippen LogP) is 2.88. The lowest BCUT2D eigenvalue weighted by Gasteiger charge is -2.56. The van der Waals surface area contributed by atoms with Crippen molar-refractivity contribution in [1.29, 1.82) is 0 Å². The highest BCUT2D eigenvalue weighted by Gasteiger charge is 2.71. The lowest BCUT2D eigenvalue weighted by molar-refractivity contribution is -0.252. The molecule has 0 radical (unpaired) electrons. The Labute approximate surface area is 157 Å². The molecule has 1 N–H and O–H groups in total. The summed E-state index contributed by atoms with van der Waals surface area (Å²) in [6.07, 6.45) is 3.89. The van der Waals surface area contributed by atoms with Crippen LogP contribution in [0, 0.1) is 17.3 Å². The van der Waals surface area contributed by atoms with Gasteiger partial charge in [-0.05, 0) is 31.4 Å². The Morgan fingerprint density at radius 3 is 2.70 bits per heavy atom. The quantitative estimate of drug-likeness (QED) is 0.354. The zero-order valence-corrected chi connectivity index (χ0v) is 15.1. The monoisotopic (exact) mass is 370 g/mol. The fourth-order valence-electron chi connectivity index (χ4n) is 5.70. The van der Waals surface area contributed by atoms with Crippen LogP contribution in [0.25, 0.3) is 0 Å². The molecule has 0 bridgehead atoms. The molecule has 2 fully saturated rings. The Hall–Kier alpha value is -2.18. The molecule has 4 unspecified atom stereocenters. The minimum absolute atomic E-state index is 0.186. The molecule has 0 aromatic heterocycles. The number of rotatable bonds is 1. The number of allylic oxidation sites excluding steroid dienone is 2. The molecular formula is C21H22O6. The highest BCUT2D eigenvalue weighted by molar-refractivity contribution is 6.03. The molecule has 1 aromatic rings. The molecule has 142 valence electrons. The molecule has 1 saturated carbocycles.